The summed E-state index contributed by atoms with van der Waals surface area (Å²) in [5.41, 5.74) is 0.127. The average molecular weight is 356 g/mol. The van der Waals surface area contributed by atoms with Crippen LogP contribution in [-0.4, -0.2) is 32.9 Å². The number of carbonyl (C=O) groups is 2. The number of ketones is 2. The molecule has 5 heteroatoms. The van der Waals surface area contributed by atoms with Crippen molar-refractivity contribution in [3.63, 3.8) is 0 Å². The standard InChI is InChI=1S/C21H24O5/c1-6-9-21-11-16(26-5)19(22)18(20(21)23)17(12(21)2)13-7-8-14(24-3)15(10-13)25-4/h6-8,10-12,17-18H,1,9H2,2-5H3/t12-,17+,18-,21-/m1/s1. The lowest BCUT2D eigenvalue weighted by Gasteiger charge is -2.31. The van der Waals surface area contributed by atoms with Crippen LogP contribution in [0, 0.1) is 17.3 Å². The molecule has 1 saturated carbocycles. The third-order valence-corrected chi connectivity index (χ3v) is 5.86. The summed E-state index contributed by atoms with van der Waals surface area (Å²) in [4.78, 5) is 26.1. The number of Topliss-reactive ketones (excluding diaryl/α,β-unsaturated/α-hetero) is 2. The van der Waals surface area contributed by atoms with Gasteiger partial charge in [-0.15, -0.1) is 6.58 Å². The summed E-state index contributed by atoms with van der Waals surface area (Å²) in [6.07, 6.45) is 3.93. The summed E-state index contributed by atoms with van der Waals surface area (Å²) < 4.78 is 16.0. The molecule has 0 saturated heterocycles. The summed E-state index contributed by atoms with van der Waals surface area (Å²) in [5, 5.41) is 0. The summed E-state index contributed by atoms with van der Waals surface area (Å²) in [5.74, 6) is 0.0905. The van der Waals surface area contributed by atoms with Crippen LogP contribution < -0.4 is 9.47 Å². The first kappa shape index (κ1) is 18.2. The molecular formula is C21H24O5. The predicted octanol–water partition coefficient (Wildman–Crippen LogP) is 3.30. The molecule has 2 bridgehead atoms. The van der Waals surface area contributed by atoms with Crippen molar-refractivity contribution >= 4 is 11.6 Å². The highest BCUT2D eigenvalue weighted by Gasteiger charge is 2.62. The molecule has 0 unspecified atom stereocenters. The first-order valence-corrected chi connectivity index (χ1v) is 8.63. The van der Waals surface area contributed by atoms with E-state index in [1.165, 1.54) is 7.11 Å². The Balaban J connectivity index is 2.15. The lowest BCUT2D eigenvalue weighted by Crippen LogP contribution is -2.38. The number of benzene rings is 1. The van der Waals surface area contributed by atoms with E-state index in [4.69, 9.17) is 14.2 Å². The first-order chi connectivity index (χ1) is 12.4. The number of hydrogen-bond donors (Lipinski definition) is 0. The van der Waals surface area contributed by atoms with Gasteiger partial charge in [0.25, 0.3) is 0 Å². The smallest absolute Gasteiger partial charge is 0.208 e. The average Bonchev–Trinajstić information content (AvgIpc) is 2.80. The van der Waals surface area contributed by atoms with Crippen molar-refractivity contribution in [1.29, 1.82) is 0 Å². The zero-order valence-corrected chi connectivity index (χ0v) is 15.6. The van der Waals surface area contributed by atoms with Crippen LogP contribution in [0.3, 0.4) is 0 Å². The van der Waals surface area contributed by atoms with Crippen LogP contribution in [0.5, 0.6) is 11.5 Å². The summed E-state index contributed by atoms with van der Waals surface area (Å²) >= 11 is 0. The van der Waals surface area contributed by atoms with Crippen molar-refractivity contribution < 1.29 is 23.8 Å². The van der Waals surface area contributed by atoms with Crippen LogP contribution in [0.25, 0.3) is 0 Å². The Hall–Kier alpha value is -2.56. The number of ether oxygens (including phenoxy) is 3. The Morgan fingerprint density at radius 2 is 1.81 bits per heavy atom. The van der Waals surface area contributed by atoms with Crippen LogP contribution in [0.1, 0.15) is 24.8 Å². The Morgan fingerprint density at radius 3 is 2.38 bits per heavy atom. The van der Waals surface area contributed by atoms with E-state index in [0.717, 1.165) is 5.56 Å². The molecule has 0 amide bonds. The SMILES string of the molecule is C=CC[C@]12C=C(OC)C(=O)[C@H](C1=O)[C@H](c1ccc(OC)c(OC)c1)[C@H]2C. The normalized spacial score (nSPS) is 30.0. The molecule has 1 aromatic carbocycles. The number of carbonyl (C=O) groups excluding carboxylic acids is 2. The van der Waals surface area contributed by atoms with E-state index >= 15 is 0 Å². The minimum absolute atomic E-state index is 0.0458. The Labute approximate surface area is 153 Å². The van der Waals surface area contributed by atoms with E-state index in [0.29, 0.717) is 17.9 Å². The zero-order valence-electron chi connectivity index (χ0n) is 15.6. The second-order valence-corrected chi connectivity index (χ2v) is 6.88. The van der Waals surface area contributed by atoms with E-state index in [-0.39, 0.29) is 29.2 Å². The largest absolute Gasteiger partial charge is 0.493 e. The van der Waals surface area contributed by atoms with Crippen molar-refractivity contribution in [3.05, 3.63) is 48.3 Å². The van der Waals surface area contributed by atoms with Crippen molar-refractivity contribution in [3.8, 4) is 11.5 Å². The van der Waals surface area contributed by atoms with E-state index in [2.05, 4.69) is 6.58 Å². The second kappa shape index (κ2) is 6.63. The maximum Gasteiger partial charge on any atom is 0.208 e. The fourth-order valence-corrected chi connectivity index (χ4v) is 4.51. The van der Waals surface area contributed by atoms with Crippen molar-refractivity contribution in [2.75, 3.05) is 21.3 Å². The van der Waals surface area contributed by atoms with E-state index in [1.54, 1.807) is 26.4 Å². The van der Waals surface area contributed by atoms with Crippen molar-refractivity contribution in [1.82, 2.24) is 0 Å². The van der Waals surface area contributed by atoms with Gasteiger partial charge in [0.1, 0.15) is 0 Å². The zero-order chi connectivity index (χ0) is 19.1. The van der Waals surface area contributed by atoms with E-state index in [9.17, 15) is 9.59 Å². The van der Waals surface area contributed by atoms with Gasteiger partial charge in [0, 0.05) is 5.92 Å². The fraction of sp³-hybridized carbons (Fsp3) is 0.429. The molecular weight excluding hydrogens is 332 g/mol. The summed E-state index contributed by atoms with van der Waals surface area (Å²) in [6, 6.07) is 5.57. The number of hydrogen-bond acceptors (Lipinski definition) is 5. The molecule has 138 valence electrons. The van der Waals surface area contributed by atoms with E-state index in [1.807, 2.05) is 25.1 Å². The first-order valence-electron chi connectivity index (χ1n) is 8.63. The number of fused-ring (bicyclic) bond motifs is 2. The topological polar surface area (TPSA) is 61.8 Å². The van der Waals surface area contributed by atoms with Crippen LogP contribution in [-0.2, 0) is 14.3 Å². The molecule has 0 heterocycles. The van der Waals surface area contributed by atoms with Crippen LogP contribution >= 0.6 is 0 Å². The fourth-order valence-electron chi connectivity index (χ4n) is 4.51. The molecule has 3 rings (SSSR count). The number of allylic oxidation sites excluding steroid dienone is 3. The Morgan fingerprint density at radius 1 is 1.12 bits per heavy atom. The second-order valence-electron chi connectivity index (χ2n) is 6.88. The van der Waals surface area contributed by atoms with Crippen molar-refractivity contribution in [2.45, 2.75) is 19.3 Å². The van der Waals surface area contributed by atoms with Gasteiger partial charge in [-0.1, -0.05) is 19.1 Å². The minimum Gasteiger partial charge on any atom is -0.493 e. The van der Waals surface area contributed by atoms with Gasteiger partial charge in [-0.2, -0.15) is 0 Å². The molecule has 0 aromatic heterocycles. The highest BCUT2D eigenvalue weighted by molar-refractivity contribution is 6.17. The Bertz CT molecular complexity index is 794. The van der Waals surface area contributed by atoms with Gasteiger partial charge in [0.15, 0.2) is 23.0 Å². The van der Waals surface area contributed by atoms with E-state index < -0.39 is 11.3 Å². The van der Waals surface area contributed by atoms with Gasteiger partial charge in [-0.25, -0.2) is 0 Å². The van der Waals surface area contributed by atoms with Crippen molar-refractivity contribution in [2.24, 2.45) is 17.3 Å². The van der Waals surface area contributed by atoms with Gasteiger partial charge >= 0.3 is 0 Å². The van der Waals surface area contributed by atoms with Gasteiger partial charge in [-0.05, 0) is 36.1 Å². The van der Waals surface area contributed by atoms with Gasteiger partial charge in [0.2, 0.25) is 5.78 Å². The number of methoxy groups -OCH3 is 3. The van der Waals surface area contributed by atoms with Crippen LogP contribution in [0.15, 0.2) is 42.7 Å². The molecule has 2 aliphatic rings. The lowest BCUT2D eigenvalue weighted by molar-refractivity contribution is -0.136. The molecule has 1 aromatic rings. The molecule has 5 nitrogen and oxygen atoms in total. The molecule has 1 fully saturated rings. The lowest BCUT2D eigenvalue weighted by atomic mass is 9.71. The highest BCUT2D eigenvalue weighted by atomic mass is 16.5. The van der Waals surface area contributed by atoms with Gasteiger partial charge < -0.3 is 14.2 Å². The monoisotopic (exact) mass is 356 g/mol. The molecule has 0 spiro atoms. The molecule has 4 atom stereocenters. The maximum atomic E-state index is 13.2. The maximum absolute atomic E-state index is 13.2. The molecule has 0 aliphatic heterocycles. The Kier molecular flexibility index (Phi) is 4.65. The molecule has 2 aliphatic carbocycles. The van der Waals surface area contributed by atoms with Gasteiger partial charge in [-0.3, -0.25) is 9.59 Å². The van der Waals surface area contributed by atoms with Crippen LogP contribution in [0.2, 0.25) is 0 Å². The van der Waals surface area contributed by atoms with Gasteiger partial charge in [0.05, 0.1) is 32.7 Å². The minimum atomic E-state index is -0.760. The number of rotatable bonds is 6. The predicted molar refractivity (Wildman–Crippen MR) is 97.3 cm³/mol. The summed E-state index contributed by atoms with van der Waals surface area (Å²) in [6.45, 7) is 5.83. The molecule has 0 radical (unpaired) electrons. The third kappa shape index (κ3) is 2.37. The molecule has 26 heavy (non-hydrogen) atoms. The summed E-state index contributed by atoms with van der Waals surface area (Å²) in [7, 11) is 4.61. The quantitative estimate of drug-likeness (QED) is 0.578. The molecule has 0 N–H and O–H groups in total. The highest BCUT2D eigenvalue weighted by Crippen LogP contribution is 2.59. The third-order valence-electron chi connectivity index (χ3n) is 5.86. The van der Waals surface area contributed by atoms with Crippen LogP contribution in [0.4, 0.5) is 0 Å².